The molecule has 0 aliphatic carbocycles. The van der Waals surface area contributed by atoms with Gasteiger partial charge in [0, 0.05) is 19.0 Å². The number of carbonyl (C=O) groups excluding carboxylic acids is 1. The molecule has 104 valence electrons. The molecule has 0 bridgehead atoms. The van der Waals surface area contributed by atoms with E-state index < -0.39 is 6.10 Å². The van der Waals surface area contributed by atoms with Gasteiger partial charge in [0.2, 0.25) is 0 Å². The molecule has 1 atom stereocenters. The summed E-state index contributed by atoms with van der Waals surface area (Å²) in [5.74, 6) is 0.567. The van der Waals surface area contributed by atoms with E-state index in [0.717, 1.165) is 25.9 Å². The zero-order valence-electron chi connectivity index (χ0n) is 10.5. The highest BCUT2D eigenvalue weighted by Gasteiger charge is 2.30. The first-order valence-corrected chi connectivity index (χ1v) is 7.00. The molecule has 18 heavy (non-hydrogen) atoms. The van der Waals surface area contributed by atoms with E-state index in [1.54, 1.807) is 0 Å². The van der Waals surface area contributed by atoms with E-state index in [0.29, 0.717) is 32.3 Å². The van der Waals surface area contributed by atoms with Crippen molar-refractivity contribution in [2.75, 3.05) is 45.4 Å². The molecule has 2 heterocycles. The summed E-state index contributed by atoms with van der Waals surface area (Å²) in [4.78, 5) is 14.0. The summed E-state index contributed by atoms with van der Waals surface area (Å²) in [6.45, 7) is 3.50. The summed E-state index contributed by atoms with van der Waals surface area (Å²) < 4.78 is 16.3. The van der Waals surface area contributed by atoms with Crippen LogP contribution in [0.5, 0.6) is 0 Å². The predicted octanol–water partition coefficient (Wildman–Crippen LogP) is 0.648. The fourth-order valence-electron chi connectivity index (χ4n) is 2.29. The molecule has 0 aromatic rings. The van der Waals surface area contributed by atoms with Gasteiger partial charge < -0.3 is 19.1 Å². The smallest absolute Gasteiger partial charge is 0.254 e. The van der Waals surface area contributed by atoms with Gasteiger partial charge in [-0.05, 0) is 12.8 Å². The van der Waals surface area contributed by atoms with Gasteiger partial charge in [-0.1, -0.05) is 0 Å². The largest absolute Gasteiger partial charge is 0.377 e. The minimum Gasteiger partial charge on any atom is -0.377 e. The van der Waals surface area contributed by atoms with Crippen LogP contribution in [0.3, 0.4) is 0 Å². The van der Waals surface area contributed by atoms with Gasteiger partial charge in [-0.15, -0.1) is 11.6 Å². The van der Waals surface area contributed by atoms with Crippen LogP contribution >= 0.6 is 11.6 Å². The number of likely N-dealkylation sites (tertiary alicyclic amines) is 1. The summed E-state index contributed by atoms with van der Waals surface area (Å²) in [7, 11) is 0. The second kappa shape index (κ2) is 7.28. The first-order valence-electron chi connectivity index (χ1n) is 6.47. The third-order valence-corrected chi connectivity index (χ3v) is 3.43. The monoisotopic (exact) mass is 277 g/mol. The number of halogens is 1. The lowest BCUT2D eigenvalue weighted by Crippen LogP contribution is -2.49. The van der Waals surface area contributed by atoms with Gasteiger partial charge in [-0.25, -0.2) is 0 Å². The lowest BCUT2D eigenvalue weighted by Gasteiger charge is -2.34. The predicted molar refractivity (Wildman–Crippen MR) is 66.8 cm³/mol. The molecule has 2 fully saturated rings. The SMILES string of the molecule is O=C(C1COCCO1)N1CCC(OCCCl)CC1. The Labute approximate surface area is 112 Å². The van der Waals surface area contributed by atoms with Gasteiger partial charge in [0.1, 0.15) is 0 Å². The van der Waals surface area contributed by atoms with Crippen molar-refractivity contribution in [3.8, 4) is 0 Å². The first-order chi connectivity index (χ1) is 8.81. The average molecular weight is 278 g/mol. The van der Waals surface area contributed by atoms with Crippen molar-refractivity contribution < 1.29 is 19.0 Å². The second-order valence-electron chi connectivity index (χ2n) is 4.52. The molecule has 2 saturated heterocycles. The quantitative estimate of drug-likeness (QED) is 0.708. The molecule has 0 aromatic carbocycles. The minimum atomic E-state index is -0.418. The van der Waals surface area contributed by atoms with Gasteiger partial charge in [0.05, 0.1) is 32.5 Å². The molecular formula is C12H20ClNO4. The first kappa shape index (κ1) is 14.1. The van der Waals surface area contributed by atoms with E-state index >= 15 is 0 Å². The van der Waals surface area contributed by atoms with Crippen LogP contribution in [-0.4, -0.2) is 68.4 Å². The molecule has 0 spiro atoms. The maximum Gasteiger partial charge on any atom is 0.254 e. The van der Waals surface area contributed by atoms with E-state index in [-0.39, 0.29) is 12.0 Å². The van der Waals surface area contributed by atoms with Crippen LogP contribution in [0.25, 0.3) is 0 Å². The Morgan fingerprint density at radius 3 is 2.72 bits per heavy atom. The molecule has 6 heteroatoms. The zero-order chi connectivity index (χ0) is 12.8. The Balaban J connectivity index is 1.73. The van der Waals surface area contributed by atoms with Crippen molar-refractivity contribution in [2.45, 2.75) is 25.0 Å². The normalized spacial score (nSPS) is 26.3. The Hall–Kier alpha value is -0.360. The number of alkyl halides is 1. The van der Waals surface area contributed by atoms with E-state index in [9.17, 15) is 4.79 Å². The van der Waals surface area contributed by atoms with Crippen LogP contribution in [0.4, 0.5) is 0 Å². The topological polar surface area (TPSA) is 48.0 Å². The number of hydrogen-bond donors (Lipinski definition) is 0. The molecular weight excluding hydrogens is 258 g/mol. The lowest BCUT2D eigenvalue weighted by atomic mass is 10.1. The molecule has 2 aliphatic heterocycles. The van der Waals surface area contributed by atoms with Gasteiger partial charge in [0.15, 0.2) is 6.10 Å². The van der Waals surface area contributed by atoms with Gasteiger partial charge in [0.25, 0.3) is 5.91 Å². The number of carbonyl (C=O) groups is 1. The molecule has 0 N–H and O–H groups in total. The average Bonchev–Trinajstić information content (AvgIpc) is 2.46. The van der Waals surface area contributed by atoms with Crippen molar-refractivity contribution in [3.05, 3.63) is 0 Å². The summed E-state index contributed by atoms with van der Waals surface area (Å²) in [6, 6.07) is 0. The Bertz CT molecular complexity index is 263. The molecule has 0 saturated carbocycles. The summed E-state index contributed by atoms with van der Waals surface area (Å²) in [5, 5.41) is 0. The summed E-state index contributed by atoms with van der Waals surface area (Å²) in [6.07, 6.45) is 1.56. The van der Waals surface area contributed by atoms with Gasteiger partial charge >= 0.3 is 0 Å². The van der Waals surface area contributed by atoms with Crippen molar-refractivity contribution in [1.29, 1.82) is 0 Å². The molecule has 1 unspecified atom stereocenters. The maximum atomic E-state index is 12.1. The minimum absolute atomic E-state index is 0.0468. The fraction of sp³-hybridized carbons (Fsp3) is 0.917. The molecule has 0 aromatic heterocycles. The Kier molecular flexibility index (Phi) is 5.69. The van der Waals surface area contributed by atoms with E-state index in [1.165, 1.54) is 0 Å². The van der Waals surface area contributed by atoms with E-state index in [4.69, 9.17) is 25.8 Å². The highest BCUT2D eigenvalue weighted by Crippen LogP contribution is 2.16. The number of nitrogens with zero attached hydrogens (tertiary/aromatic N) is 1. The number of piperidine rings is 1. The van der Waals surface area contributed by atoms with Crippen molar-refractivity contribution in [1.82, 2.24) is 4.90 Å². The van der Waals surface area contributed by atoms with Crippen LogP contribution in [0.15, 0.2) is 0 Å². The third-order valence-electron chi connectivity index (χ3n) is 3.28. The Morgan fingerprint density at radius 1 is 1.33 bits per heavy atom. The van der Waals surface area contributed by atoms with Crippen LogP contribution in [0.1, 0.15) is 12.8 Å². The van der Waals surface area contributed by atoms with E-state index in [1.807, 2.05) is 4.90 Å². The number of ether oxygens (including phenoxy) is 3. The summed E-state index contributed by atoms with van der Waals surface area (Å²) in [5.41, 5.74) is 0. The number of rotatable bonds is 4. The molecule has 0 radical (unpaired) electrons. The summed E-state index contributed by atoms with van der Waals surface area (Å²) >= 11 is 5.58. The second-order valence-corrected chi connectivity index (χ2v) is 4.90. The maximum absolute atomic E-state index is 12.1. The van der Waals surface area contributed by atoms with E-state index in [2.05, 4.69) is 0 Å². The molecule has 5 nitrogen and oxygen atoms in total. The van der Waals surface area contributed by atoms with Gasteiger partial charge in [-0.2, -0.15) is 0 Å². The third kappa shape index (κ3) is 3.82. The standard InChI is InChI=1S/C12H20ClNO4/c13-3-6-17-10-1-4-14(5-2-10)12(15)11-9-16-7-8-18-11/h10-11H,1-9H2. The fourth-order valence-corrected chi connectivity index (χ4v) is 2.38. The Morgan fingerprint density at radius 2 is 2.11 bits per heavy atom. The van der Waals surface area contributed by atoms with Crippen molar-refractivity contribution >= 4 is 17.5 Å². The van der Waals surface area contributed by atoms with Crippen molar-refractivity contribution in [3.63, 3.8) is 0 Å². The molecule has 1 amide bonds. The highest BCUT2D eigenvalue weighted by atomic mass is 35.5. The van der Waals surface area contributed by atoms with Crippen molar-refractivity contribution in [2.24, 2.45) is 0 Å². The van der Waals surface area contributed by atoms with Crippen LogP contribution in [0, 0.1) is 0 Å². The number of hydrogen-bond acceptors (Lipinski definition) is 4. The highest BCUT2D eigenvalue weighted by molar-refractivity contribution is 6.17. The zero-order valence-corrected chi connectivity index (χ0v) is 11.2. The molecule has 2 aliphatic rings. The lowest BCUT2D eigenvalue weighted by molar-refractivity contribution is -0.160. The molecule has 2 rings (SSSR count). The van der Waals surface area contributed by atoms with Crippen LogP contribution < -0.4 is 0 Å². The van der Waals surface area contributed by atoms with Gasteiger partial charge in [-0.3, -0.25) is 4.79 Å². The number of amides is 1. The van der Waals surface area contributed by atoms with Crippen LogP contribution in [-0.2, 0) is 19.0 Å². The van der Waals surface area contributed by atoms with Crippen LogP contribution in [0.2, 0.25) is 0 Å².